The van der Waals surface area contributed by atoms with Gasteiger partial charge in [0.1, 0.15) is 5.66 Å². The van der Waals surface area contributed by atoms with Gasteiger partial charge in [0.2, 0.25) is 0 Å². The highest BCUT2D eigenvalue weighted by atomic mass is 16.4. The van der Waals surface area contributed by atoms with Crippen LogP contribution in [-0.2, 0) is 4.79 Å². The summed E-state index contributed by atoms with van der Waals surface area (Å²) in [6.07, 6.45) is 0. The number of aliphatic carboxylic acids is 1. The molecule has 0 unspecified atom stereocenters. The second-order valence-corrected chi connectivity index (χ2v) is 3.84. The molecule has 0 fully saturated rings. The molecule has 2 heterocycles. The van der Waals surface area contributed by atoms with Gasteiger partial charge in [-0.25, -0.2) is 14.8 Å². The van der Waals surface area contributed by atoms with Crippen LogP contribution in [0.5, 0.6) is 0 Å². The maximum Gasteiger partial charge on any atom is 0.327 e. The zero-order valence-corrected chi connectivity index (χ0v) is 9.57. The van der Waals surface area contributed by atoms with Gasteiger partial charge >= 0.3 is 5.69 Å². The smallest absolute Gasteiger partial charge is 0.327 e. The molecule has 1 aliphatic rings. The number of hydrogen-bond acceptors (Lipinski definition) is 5. The van der Waals surface area contributed by atoms with Crippen LogP contribution < -0.4 is 22.1 Å². The summed E-state index contributed by atoms with van der Waals surface area (Å²) in [7, 11) is 0. The molecule has 0 atom stereocenters. The van der Waals surface area contributed by atoms with E-state index < -0.39 is 22.9 Å². The van der Waals surface area contributed by atoms with E-state index >= 15 is 0 Å². The SMILES string of the molecule is CC(=O)O.CC1(C)N=c2[nH]c(=O)[nH]c(=O)c2=N1. The van der Waals surface area contributed by atoms with Gasteiger partial charge in [0.05, 0.1) is 0 Å². The lowest BCUT2D eigenvalue weighted by Crippen LogP contribution is -2.46. The summed E-state index contributed by atoms with van der Waals surface area (Å²) in [5.74, 6) is -0.833. The third-order valence-corrected chi connectivity index (χ3v) is 1.67. The van der Waals surface area contributed by atoms with E-state index in [2.05, 4.69) is 20.0 Å². The van der Waals surface area contributed by atoms with E-state index in [0.29, 0.717) is 0 Å². The average Bonchev–Trinajstić information content (AvgIpc) is 2.38. The number of nitrogens with one attached hydrogen (secondary N) is 2. The first kappa shape index (κ1) is 12.8. The van der Waals surface area contributed by atoms with Gasteiger partial charge in [-0.2, -0.15) is 0 Å². The predicted molar refractivity (Wildman–Crippen MR) is 57.4 cm³/mol. The minimum absolute atomic E-state index is 0.199. The summed E-state index contributed by atoms with van der Waals surface area (Å²) in [5, 5.41) is 7.62. The van der Waals surface area contributed by atoms with Gasteiger partial charge in [-0.05, 0) is 13.8 Å². The van der Waals surface area contributed by atoms with E-state index in [0.717, 1.165) is 6.92 Å². The van der Waals surface area contributed by atoms with Crippen LogP contribution in [0.15, 0.2) is 19.6 Å². The Balaban J connectivity index is 0.000000317. The van der Waals surface area contributed by atoms with E-state index in [1.807, 2.05) is 0 Å². The predicted octanol–water partition coefficient (Wildman–Crippen LogP) is -1.86. The lowest BCUT2D eigenvalue weighted by Gasteiger charge is -2.06. The van der Waals surface area contributed by atoms with E-state index in [4.69, 9.17) is 9.90 Å². The Morgan fingerprint density at radius 1 is 1.24 bits per heavy atom. The number of nitrogens with zero attached hydrogens (tertiary/aromatic N) is 2. The summed E-state index contributed by atoms with van der Waals surface area (Å²) in [4.78, 5) is 43.6. The number of rotatable bonds is 0. The van der Waals surface area contributed by atoms with E-state index in [-0.39, 0.29) is 10.8 Å². The Morgan fingerprint density at radius 2 is 1.76 bits per heavy atom. The fraction of sp³-hybridized carbons (Fsp3) is 0.444. The van der Waals surface area contributed by atoms with Crippen molar-refractivity contribution in [3.63, 3.8) is 0 Å². The number of H-pyrrole nitrogens is 2. The number of aromatic amines is 2. The van der Waals surface area contributed by atoms with Crippen molar-refractivity contribution in [2.45, 2.75) is 26.4 Å². The highest BCUT2D eigenvalue weighted by Gasteiger charge is 2.19. The molecule has 1 aromatic rings. The fourth-order valence-corrected chi connectivity index (χ4v) is 1.22. The first-order valence-electron chi connectivity index (χ1n) is 4.73. The van der Waals surface area contributed by atoms with E-state index in [1.165, 1.54) is 0 Å². The van der Waals surface area contributed by atoms with Crippen LogP contribution >= 0.6 is 0 Å². The quantitative estimate of drug-likeness (QED) is 0.491. The van der Waals surface area contributed by atoms with Gasteiger partial charge in [0, 0.05) is 6.92 Å². The summed E-state index contributed by atoms with van der Waals surface area (Å²) < 4.78 is 0. The molecular formula is C9H12N4O4. The van der Waals surface area contributed by atoms with Crippen LogP contribution in [-0.4, -0.2) is 26.7 Å². The highest BCUT2D eigenvalue weighted by molar-refractivity contribution is 5.62. The van der Waals surface area contributed by atoms with Gasteiger partial charge in [-0.3, -0.25) is 19.6 Å². The van der Waals surface area contributed by atoms with Gasteiger partial charge in [-0.1, -0.05) is 0 Å². The molecular weight excluding hydrogens is 228 g/mol. The zero-order chi connectivity index (χ0) is 13.2. The van der Waals surface area contributed by atoms with Gasteiger partial charge < -0.3 is 5.11 Å². The molecule has 92 valence electrons. The molecule has 0 saturated heterocycles. The van der Waals surface area contributed by atoms with Crippen molar-refractivity contribution in [2.75, 3.05) is 0 Å². The molecule has 8 nitrogen and oxygen atoms in total. The second-order valence-electron chi connectivity index (χ2n) is 3.84. The largest absolute Gasteiger partial charge is 0.481 e. The lowest BCUT2D eigenvalue weighted by molar-refractivity contribution is -0.134. The van der Waals surface area contributed by atoms with Crippen LogP contribution in [0.4, 0.5) is 0 Å². The number of fused-ring (bicyclic) bond motifs is 1. The zero-order valence-electron chi connectivity index (χ0n) is 9.57. The van der Waals surface area contributed by atoms with E-state index in [9.17, 15) is 9.59 Å². The van der Waals surface area contributed by atoms with E-state index in [1.54, 1.807) is 13.8 Å². The Labute approximate surface area is 94.8 Å². The molecule has 0 aromatic carbocycles. The Bertz CT molecular complexity index is 663. The third kappa shape index (κ3) is 3.37. The van der Waals surface area contributed by atoms with Crippen molar-refractivity contribution in [2.24, 2.45) is 9.98 Å². The average molecular weight is 240 g/mol. The molecule has 0 amide bonds. The minimum atomic E-state index is -0.833. The van der Waals surface area contributed by atoms with Crippen molar-refractivity contribution in [3.05, 3.63) is 31.7 Å². The molecule has 3 N–H and O–H groups in total. The molecule has 0 radical (unpaired) electrons. The molecule has 0 spiro atoms. The Kier molecular flexibility index (Phi) is 3.26. The molecule has 17 heavy (non-hydrogen) atoms. The molecule has 2 rings (SSSR count). The summed E-state index contributed by atoms with van der Waals surface area (Å²) >= 11 is 0. The normalized spacial score (nSPS) is 14.8. The number of carbonyl (C=O) groups is 1. The molecule has 1 aromatic heterocycles. The first-order valence-corrected chi connectivity index (χ1v) is 4.73. The van der Waals surface area contributed by atoms with Crippen LogP contribution in [0.1, 0.15) is 20.8 Å². The summed E-state index contributed by atoms with van der Waals surface area (Å²) in [5.41, 5.74) is -1.44. The molecule has 0 bridgehead atoms. The summed E-state index contributed by atoms with van der Waals surface area (Å²) in [6.45, 7) is 4.59. The summed E-state index contributed by atoms with van der Waals surface area (Å²) in [6, 6.07) is 0. The molecule has 8 heteroatoms. The maximum absolute atomic E-state index is 11.2. The van der Waals surface area contributed by atoms with Crippen molar-refractivity contribution >= 4 is 5.97 Å². The number of hydrogen-bond donors (Lipinski definition) is 3. The third-order valence-electron chi connectivity index (χ3n) is 1.67. The number of aromatic nitrogens is 2. The van der Waals surface area contributed by atoms with Crippen LogP contribution in [0.25, 0.3) is 0 Å². The Morgan fingerprint density at radius 3 is 2.29 bits per heavy atom. The van der Waals surface area contributed by atoms with Crippen molar-refractivity contribution in [1.82, 2.24) is 9.97 Å². The number of carboxylic acid groups (broad SMARTS) is 1. The minimum Gasteiger partial charge on any atom is -0.481 e. The monoisotopic (exact) mass is 240 g/mol. The standard InChI is InChI=1S/C7H8N4O2.C2H4O2/c1-7(2)10-3-4(11-7)8-6(13)9-5(3)12;1-2(3)4/h1-2H3,(H2,8,9,11,12,13);1H3,(H,3,4). The second kappa shape index (κ2) is 4.32. The van der Waals surface area contributed by atoms with Crippen molar-refractivity contribution < 1.29 is 9.90 Å². The van der Waals surface area contributed by atoms with Gasteiger partial charge in [-0.15, -0.1) is 0 Å². The van der Waals surface area contributed by atoms with Crippen molar-refractivity contribution in [1.29, 1.82) is 0 Å². The molecule has 0 saturated carbocycles. The van der Waals surface area contributed by atoms with Crippen LogP contribution in [0.3, 0.4) is 0 Å². The fourth-order valence-electron chi connectivity index (χ4n) is 1.22. The van der Waals surface area contributed by atoms with Gasteiger partial charge in [0.15, 0.2) is 10.8 Å². The lowest BCUT2D eigenvalue weighted by atomic mass is 10.3. The maximum atomic E-state index is 11.2. The Hall–Kier alpha value is -2.25. The molecule has 0 aliphatic carbocycles. The van der Waals surface area contributed by atoms with Gasteiger partial charge in [0.25, 0.3) is 11.5 Å². The molecule has 1 aliphatic heterocycles. The number of carboxylic acids is 1. The van der Waals surface area contributed by atoms with Crippen LogP contribution in [0, 0.1) is 0 Å². The first-order chi connectivity index (χ1) is 7.71. The van der Waals surface area contributed by atoms with Crippen LogP contribution in [0.2, 0.25) is 0 Å². The van der Waals surface area contributed by atoms with Crippen molar-refractivity contribution in [3.8, 4) is 0 Å². The topological polar surface area (TPSA) is 128 Å². The highest BCUT2D eigenvalue weighted by Crippen LogP contribution is 2.08.